The fourth-order valence-corrected chi connectivity index (χ4v) is 2.10. The molecule has 0 fully saturated rings. The molecule has 0 saturated heterocycles. The highest BCUT2D eigenvalue weighted by atomic mass is 16.3. The molecule has 0 spiro atoms. The molecule has 0 radical (unpaired) electrons. The first kappa shape index (κ1) is 11.9. The van der Waals surface area contributed by atoms with Crippen LogP contribution in [0.3, 0.4) is 0 Å². The summed E-state index contributed by atoms with van der Waals surface area (Å²) >= 11 is 0. The highest BCUT2D eigenvalue weighted by Crippen LogP contribution is 2.26. The van der Waals surface area contributed by atoms with Crippen molar-refractivity contribution in [3.63, 3.8) is 0 Å². The molecule has 0 aliphatic heterocycles. The van der Waals surface area contributed by atoms with Gasteiger partial charge in [-0.15, -0.1) is 0 Å². The SMILES string of the molecule is Cc1cc(C(C)C)c2oc(C)c(C)c(=O)c2c1. The van der Waals surface area contributed by atoms with Gasteiger partial charge < -0.3 is 4.42 Å². The largest absolute Gasteiger partial charge is 0.461 e. The van der Waals surface area contributed by atoms with E-state index in [-0.39, 0.29) is 5.43 Å². The van der Waals surface area contributed by atoms with Gasteiger partial charge in [0.2, 0.25) is 0 Å². The summed E-state index contributed by atoms with van der Waals surface area (Å²) in [5.41, 5.74) is 3.77. The first-order chi connectivity index (χ1) is 7.91. The van der Waals surface area contributed by atoms with E-state index in [1.807, 2.05) is 26.8 Å². The minimum atomic E-state index is 0.0920. The third kappa shape index (κ3) is 1.88. The molecule has 90 valence electrons. The van der Waals surface area contributed by atoms with Gasteiger partial charge >= 0.3 is 0 Å². The van der Waals surface area contributed by atoms with Crippen LogP contribution in [0.4, 0.5) is 0 Å². The number of hydrogen-bond donors (Lipinski definition) is 0. The Hall–Kier alpha value is -1.57. The zero-order chi connectivity index (χ0) is 12.7. The fourth-order valence-electron chi connectivity index (χ4n) is 2.10. The Morgan fingerprint density at radius 2 is 1.76 bits per heavy atom. The smallest absolute Gasteiger partial charge is 0.195 e. The van der Waals surface area contributed by atoms with Gasteiger partial charge in [0.15, 0.2) is 5.43 Å². The van der Waals surface area contributed by atoms with Crippen LogP contribution in [-0.2, 0) is 0 Å². The average molecular weight is 230 g/mol. The van der Waals surface area contributed by atoms with Gasteiger partial charge in [-0.05, 0) is 43.9 Å². The normalized spacial score (nSPS) is 11.4. The number of rotatable bonds is 1. The zero-order valence-electron chi connectivity index (χ0n) is 11.0. The topological polar surface area (TPSA) is 30.2 Å². The summed E-state index contributed by atoms with van der Waals surface area (Å²) in [5, 5.41) is 0.705. The van der Waals surface area contributed by atoms with Crippen molar-refractivity contribution in [2.45, 2.75) is 40.5 Å². The highest BCUT2D eigenvalue weighted by Gasteiger charge is 2.13. The highest BCUT2D eigenvalue weighted by molar-refractivity contribution is 5.81. The van der Waals surface area contributed by atoms with Gasteiger partial charge in [-0.3, -0.25) is 4.79 Å². The predicted molar refractivity (Wildman–Crippen MR) is 70.8 cm³/mol. The summed E-state index contributed by atoms with van der Waals surface area (Å²) in [5.74, 6) is 1.07. The molecule has 17 heavy (non-hydrogen) atoms. The Bertz CT molecular complexity index is 633. The number of aryl methyl sites for hydroxylation is 2. The van der Waals surface area contributed by atoms with Gasteiger partial charge in [0.1, 0.15) is 11.3 Å². The molecule has 0 bridgehead atoms. The van der Waals surface area contributed by atoms with Crippen molar-refractivity contribution in [2.75, 3.05) is 0 Å². The molecule has 2 nitrogen and oxygen atoms in total. The Balaban J connectivity index is 3.00. The summed E-state index contributed by atoms with van der Waals surface area (Å²) in [6.45, 7) is 9.91. The van der Waals surface area contributed by atoms with Crippen molar-refractivity contribution < 1.29 is 4.42 Å². The van der Waals surface area contributed by atoms with Gasteiger partial charge in [-0.1, -0.05) is 19.9 Å². The van der Waals surface area contributed by atoms with E-state index in [1.54, 1.807) is 0 Å². The summed E-state index contributed by atoms with van der Waals surface area (Å²) in [6.07, 6.45) is 0. The van der Waals surface area contributed by atoms with Gasteiger partial charge in [-0.25, -0.2) is 0 Å². The lowest BCUT2D eigenvalue weighted by molar-refractivity contribution is 0.552. The Morgan fingerprint density at radius 1 is 1.12 bits per heavy atom. The third-order valence-electron chi connectivity index (χ3n) is 3.25. The molecule has 2 heteroatoms. The van der Waals surface area contributed by atoms with Gasteiger partial charge in [0.05, 0.1) is 5.39 Å². The molecule has 2 aromatic rings. The number of benzene rings is 1. The maximum atomic E-state index is 12.2. The molecule has 0 unspecified atom stereocenters. The first-order valence-corrected chi connectivity index (χ1v) is 5.96. The van der Waals surface area contributed by atoms with E-state index < -0.39 is 0 Å². The molecule has 1 aromatic carbocycles. The quantitative estimate of drug-likeness (QED) is 0.745. The van der Waals surface area contributed by atoms with E-state index in [9.17, 15) is 4.79 Å². The van der Waals surface area contributed by atoms with Crippen molar-refractivity contribution in [2.24, 2.45) is 0 Å². The second kappa shape index (κ2) is 4.02. The van der Waals surface area contributed by atoms with E-state index in [2.05, 4.69) is 19.9 Å². The maximum Gasteiger partial charge on any atom is 0.195 e. The molecule has 0 aliphatic carbocycles. The molecule has 0 aliphatic rings. The summed E-state index contributed by atoms with van der Waals surface area (Å²) < 4.78 is 5.82. The number of hydrogen-bond acceptors (Lipinski definition) is 2. The Kier molecular flexibility index (Phi) is 2.82. The van der Waals surface area contributed by atoms with Crippen LogP contribution in [0.5, 0.6) is 0 Å². The van der Waals surface area contributed by atoms with E-state index in [4.69, 9.17) is 4.42 Å². The predicted octanol–water partition coefficient (Wildman–Crippen LogP) is 3.84. The molecule has 2 rings (SSSR count). The maximum absolute atomic E-state index is 12.2. The minimum Gasteiger partial charge on any atom is -0.461 e. The van der Waals surface area contributed by atoms with Crippen LogP contribution in [0, 0.1) is 20.8 Å². The van der Waals surface area contributed by atoms with Crippen molar-refractivity contribution in [3.05, 3.63) is 44.8 Å². The lowest BCUT2D eigenvalue weighted by Crippen LogP contribution is -2.09. The van der Waals surface area contributed by atoms with Crippen LogP contribution in [-0.4, -0.2) is 0 Å². The summed E-state index contributed by atoms with van der Waals surface area (Å²) in [4.78, 5) is 12.2. The molecular formula is C15H18O2. The second-order valence-electron chi connectivity index (χ2n) is 5.00. The molecule has 0 saturated carbocycles. The summed E-state index contributed by atoms with van der Waals surface area (Å²) in [7, 11) is 0. The first-order valence-electron chi connectivity index (χ1n) is 5.96. The van der Waals surface area contributed by atoms with Crippen LogP contribution in [0.2, 0.25) is 0 Å². The standard InChI is InChI=1S/C15H18O2/c1-8(2)12-6-9(3)7-13-14(16)10(4)11(5)17-15(12)13/h6-8H,1-5H3. The molecule has 1 heterocycles. The minimum absolute atomic E-state index is 0.0920. The van der Waals surface area contributed by atoms with E-state index in [0.717, 1.165) is 16.7 Å². The third-order valence-corrected chi connectivity index (χ3v) is 3.25. The van der Waals surface area contributed by atoms with E-state index >= 15 is 0 Å². The van der Waals surface area contributed by atoms with Crippen LogP contribution >= 0.6 is 0 Å². The van der Waals surface area contributed by atoms with Gasteiger partial charge in [0, 0.05) is 5.56 Å². The average Bonchev–Trinajstić information content (AvgIpc) is 2.26. The molecular weight excluding hydrogens is 212 g/mol. The number of fused-ring (bicyclic) bond motifs is 1. The van der Waals surface area contributed by atoms with E-state index in [0.29, 0.717) is 22.6 Å². The van der Waals surface area contributed by atoms with Crippen molar-refractivity contribution >= 4 is 11.0 Å². The van der Waals surface area contributed by atoms with Crippen LogP contribution in [0.15, 0.2) is 21.3 Å². The molecule has 0 amide bonds. The van der Waals surface area contributed by atoms with Gasteiger partial charge in [-0.2, -0.15) is 0 Å². The lowest BCUT2D eigenvalue weighted by Gasteiger charge is -2.11. The zero-order valence-corrected chi connectivity index (χ0v) is 11.0. The van der Waals surface area contributed by atoms with E-state index in [1.165, 1.54) is 0 Å². The Morgan fingerprint density at radius 3 is 2.35 bits per heavy atom. The van der Waals surface area contributed by atoms with Crippen LogP contribution in [0.25, 0.3) is 11.0 Å². The fraction of sp³-hybridized carbons (Fsp3) is 0.400. The van der Waals surface area contributed by atoms with Crippen LogP contribution < -0.4 is 5.43 Å². The second-order valence-corrected chi connectivity index (χ2v) is 5.00. The molecule has 1 aromatic heterocycles. The van der Waals surface area contributed by atoms with Crippen LogP contribution in [0.1, 0.15) is 42.2 Å². The summed E-state index contributed by atoms with van der Waals surface area (Å²) in [6, 6.07) is 4.02. The van der Waals surface area contributed by atoms with Gasteiger partial charge in [0.25, 0.3) is 0 Å². The molecule has 0 N–H and O–H groups in total. The van der Waals surface area contributed by atoms with Crippen molar-refractivity contribution in [3.8, 4) is 0 Å². The Labute approximate surface area is 101 Å². The monoisotopic (exact) mass is 230 g/mol. The van der Waals surface area contributed by atoms with Crippen molar-refractivity contribution in [1.29, 1.82) is 0 Å². The van der Waals surface area contributed by atoms with Crippen molar-refractivity contribution in [1.82, 2.24) is 0 Å². The molecule has 0 atom stereocenters. The lowest BCUT2D eigenvalue weighted by atomic mass is 9.97.